The molecule has 4 nitrogen and oxygen atoms in total. The number of rotatable bonds is 11. The highest BCUT2D eigenvalue weighted by molar-refractivity contribution is 7.99. The van der Waals surface area contributed by atoms with Gasteiger partial charge in [-0.1, -0.05) is 61.6 Å². The van der Waals surface area contributed by atoms with E-state index in [0.717, 1.165) is 10.5 Å². The van der Waals surface area contributed by atoms with Gasteiger partial charge in [-0.2, -0.15) is 0 Å². The second kappa shape index (κ2) is 13.3. The molecule has 2 amide bonds. The maximum atomic E-state index is 13.3. The number of nitrogens with zero attached hydrogens (tertiary/aromatic N) is 1. The van der Waals surface area contributed by atoms with Crippen molar-refractivity contribution in [1.82, 2.24) is 10.2 Å². The molecule has 32 heavy (non-hydrogen) atoms. The summed E-state index contributed by atoms with van der Waals surface area (Å²) >= 11 is 19.9. The van der Waals surface area contributed by atoms with E-state index >= 15 is 0 Å². The lowest BCUT2D eigenvalue weighted by Gasteiger charge is -2.31. The molecule has 0 radical (unpaired) electrons. The molecule has 0 aromatic heterocycles. The second-order valence-corrected chi connectivity index (χ2v) is 10.3. The van der Waals surface area contributed by atoms with Gasteiger partial charge in [-0.3, -0.25) is 9.59 Å². The summed E-state index contributed by atoms with van der Waals surface area (Å²) in [6.45, 7) is 6.78. The molecule has 2 rings (SSSR count). The van der Waals surface area contributed by atoms with Gasteiger partial charge in [0.1, 0.15) is 6.04 Å². The summed E-state index contributed by atoms with van der Waals surface area (Å²) in [5.74, 6) is 0.672. The van der Waals surface area contributed by atoms with Crippen LogP contribution in [0.5, 0.6) is 0 Å². The van der Waals surface area contributed by atoms with Crippen LogP contribution in [0.25, 0.3) is 0 Å². The number of thioether (sulfide) groups is 1. The van der Waals surface area contributed by atoms with Gasteiger partial charge in [0.2, 0.25) is 11.8 Å². The van der Waals surface area contributed by atoms with Crippen molar-refractivity contribution >= 4 is 58.4 Å². The number of hydrogen-bond donors (Lipinski definition) is 1. The zero-order chi connectivity index (χ0) is 23.7. The smallest absolute Gasteiger partial charge is 0.242 e. The Hall–Kier alpha value is -1.40. The van der Waals surface area contributed by atoms with E-state index in [9.17, 15) is 9.59 Å². The summed E-state index contributed by atoms with van der Waals surface area (Å²) in [5, 5.41) is 4.64. The zero-order valence-corrected chi connectivity index (χ0v) is 21.6. The fourth-order valence-corrected chi connectivity index (χ4v) is 4.54. The predicted octanol–water partition coefficient (Wildman–Crippen LogP) is 6.71. The summed E-state index contributed by atoms with van der Waals surface area (Å²) < 4.78 is 0. The molecule has 0 bridgehead atoms. The van der Waals surface area contributed by atoms with E-state index in [0.29, 0.717) is 46.1 Å². The van der Waals surface area contributed by atoms with Crippen LogP contribution in [0.15, 0.2) is 47.4 Å². The molecule has 0 fully saturated rings. The van der Waals surface area contributed by atoms with Gasteiger partial charge >= 0.3 is 0 Å². The maximum absolute atomic E-state index is 13.3. The molecule has 8 heteroatoms. The van der Waals surface area contributed by atoms with Crippen molar-refractivity contribution in [2.75, 3.05) is 12.3 Å². The molecule has 1 N–H and O–H groups in total. The van der Waals surface area contributed by atoms with Gasteiger partial charge in [0.05, 0.1) is 0 Å². The van der Waals surface area contributed by atoms with E-state index in [1.54, 1.807) is 34.9 Å². The van der Waals surface area contributed by atoms with Gasteiger partial charge in [0.25, 0.3) is 0 Å². The van der Waals surface area contributed by atoms with E-state index in [1.807, 2.05) is 45.0 Å². The third kappa shape index (κ3) is 8.51. The molecule has 0 aliphatic rings. The average molecular weight is 516 g/mol. The summed E-state index contributed by atoms with van der Waals surface area (Å²) in [5.41, 5.74) is 0.755. The first-order valence-corrected chi connectivity index (χ1v) is 12.7. The summed E-state index contributed by atoms with van der Waals surface area (Å²) in [6.07, 6.45) is 0.803. The van der Waals surface area contributed by atoms with Gasteiger partial charge in [0.15, 0.2) is 0 Å². The van der Waals surface area contributed by atoms with Crippen LogP contribution in [0.2, 0.25) is 15.1 Å². The topological polar surface area (TPSA) is 49.4 Å². The lowest BCUT2D eigenvalue weighted by atomic mass is 10.1. The number of benzene rings is 2. The van der Waals surface area contributed by atoms with Crippen molar-refractivity contribution in [3.05, 3.63) is 63.1 Å². The van der Waals surface area contributed by atoms with Crippen LogP contribution < -0.4 is 5.32 Å². The van der Waals surface area contributed by atoms with Gasteiger partial charge in [-0.15, -0.1) is 11.8 Å². The van der Waals surface area contributed by atoms with E-state index in [2.05, 4.69) is 5.32 Å². The Balaban J connectivity index is 2.15. The van der Waals surface area contributed by atoms with Crippen LogP contribution in [-0.2, 0) is 16.1 Å². The van der Waals surface area contributed by atoms with Crippen molar-refractivity contribution in [2.24, 2.45) is 5.92 Å². The van der Waals surface area contributed by atoms with Crippen LogP contribution in [-0.4, -0.2) is 35.1 Å². The monoisotopic (exact) mass is 514 g/mol. The van der Waals surface area contributed by atoms with Crippen molar-refractivity contribution in [1.29, 1.82) is 0 Å². The van der Waals surface area contributed by atoms with Crippen molar-refractivity contribution < 1.29 is 9.59 Å². The van der Waals surface area contributed by atoms with Crippen molar-refractivity contribution in [3.8, 4) is 0 Å². The highest BCUT2D eigenvalue weighted by Crippen LogP contribution is 2.25. The third-order valence-corrected chi connectivity index (χ3v) is 6.68. The van der Waals surface area contributed by atoms with Crippen LogP contribution in [0.3, 0.4) is 0 Å². The normalized spacial score (nSPS) is 12.0. The molecular weight excluding hydrogens is 487 g/mol. The maximum Gasteiger partial charge on any atom is 0.242 e. The van der Waals surface area contributed by atoms with Crippen LogP contribution >= 0.6 is 46.6 Å². The predicted molar refractivity (Wildman–Crippen MR) is 136 cm³/mol. The summed E-state index contributed by atoms with van der Waals surface area (Å²) in [4.78, 5) is 28.8. The Morgan fingerprint density at radius 2 is 1.69 bits per heavy atom. The number of carbonyl (C=O) groups is 2. The summed E-state index contributed by atoms with van der Waals surface area (Å²) in [7, 11) is 0. The number of nitrogens with one attached hydrogen (secondary N) is 1. The third-order valence-electron chi connectivity index (χ3n) is 4.82. The molecule has 0 heterocycles. The van der Waals surface area contributed by atoms with Crippen LogP contribution in [0.1, 0.15) is 39.2 Å². The van der Waals surface area contributed by atoms with Gasteiger partial charge in [-0.25, -0.2) is 0 Å². The molecule has 0 spiro atoms. The fraction of sp³-hybridized carbons (Fsp3) is 0.417. The molecule has 174 valence electrons. The molecule has 1 atom stereocenters. The Kier molecular flexibility index (Phi) is 11.2. The Bertz CT molecular complexity index is 907. The van der Waals surface area contributed by atoms with Crippen molar-refractivity contribution in [3.63, 3.8) is 0 Å². The first-order valence-electron chi connectivity index (χ1n) is 10.6. The van der Waals surface area contributed by atoms with Crippen LogP contribution in [0.4, 0.5) is 0 Å². The second-order valence-electron chi connectivity index (χ2n) is 7.87. The minimum absolute atomic E-state index is 0.0935. The first kappa shape index (κ1) is 26.8. The molecule has 2 aromatic carbocycles. The fourth-order valence-electron chi connectivity index (χ4n) is 3.11. The summed E-state index contributed by atoms with van der Waals surface area (Å²) in [6, 6.07) is 12.1. The SMILES string of the molecule is CC[C@@H](C(=O)NCC(C)C)N(Cc1ccc(Cl)cc1Cl)C(=O)CCSc1ccc(Cl)cc1. The average Bonchev–Trinajstić information content (AvgIpc) is 2.74. The number of hydrogen-bond acceptors (Lipinski definition) is 3. The zero-order valence-electron chi connectivity index (χ0n) is 18.5. The number of amides is 2. The van der Waals surface area contributed by atoms with Gasteiger partial charge in [0, 0.05) is 45.2 Å². The molecule has 0 saturated heterocycles. The molecule has 2 aromatic rings. The molecule has 0 aliphatic heterocycles. The number of halogens is 3. The highest BCUT2D eigenvalue weighted by Gasteiger charge is 2.29. The first-order chi connectivity index (χ1) is 15.2. The van der Waals surface area contributed by atoms with E-state index < -0.39 is 6.04 Å². The molecule has 0 saturated carbocycles. The van der Waals surface area contributed by atoms with Gasteiger partial charge < -0.3 is 10.2 Å². The van der Waals surface area contributed by atoms with E-state index in [4.69, 9.17) is 34.8 Å². The molecule has 0 unspecified atom stereocenters. The van der Waals surface area contributed by atoms with Crippen LogP contribution in [0, 0.1) is 5.92 Å². The number of carbonyl (C=O) groups excluding carboxylic acids is 2. The highest BCUT2D eigenvalue weighted by atomic mass is 35.5. The standard InChI is InChI=1S/C24H29Cl3N2O2S/c1-4-22(24(31)28-14-16(2)3)29(15-17-5-6-19(26)13-21(17)27)23(30)11-12-32-20-9-7-18(25)8-10-20/h5-10,13,16,22H,4,11-12,14-15H2,1-3H3,(H,28,31)/t22-/m0/s1. The van der Waals surface area contributed by atoms with Gasteiger partial charge in [-0.05, 0) is 54.3 Å². The molecular formula is C24H29Cl3N2O2S. The lowest BCUT2D eigenvalue weighted by Crippen LogP contribution is -2.49. The Labute approximate surface area is 210 Å². The largest absolute Gasteiger partial charge is 0.354 e. The minimum atomic E-state index is -0.575. The van der Waals surface area contributed by atoms with E-state index in [-0.39, 0.29) is 18.4 Å². The quantitative estimate of drug-likeness (QED) is 0.338. The minimum Gasteiger partial charge on any atom is -0.354 e. The Morgan fingerprint density at radius 3 is 2.28 bits per heavy atom. The Morgan fingerprint density at radius 1 is 1.03 bits per heavy atom. The molecule has 0 aliphatic carbocycles. The van der Waals surface area contributed by atoms with E-state index in [1.165, 1.54) is 0 Å². The lowest BCUT2D eigenvalue weighted by molar-refractivity contribution is -0.141. The van der Waals surface area contributed by atoms with Crippen molar-refractivity contribution in [2.45, 2.75) is 51.1 Å².